The van der Waals surface area contributed by atoms with Crippen molar-refractivity contribution in [1.82, 2.24) is 4.90 Å². The number of rotatable bonds is 6. The maximum Gasteiger partial charge on any atom is 0.412 e. The van der Waals surface area contributed by atoms with Crippen LogP contribution in [0.4, 0.5) is 16.2 Å². The van der Waals surface area contributed by atoms with E-state index < -0.39 is 22.2 Å². The number of benzene rings is 2. The zero-order valence-corrected chi connectivity index (χ0v) is 21.2. The summed E-state index contributed by atoms with van der Waals surface area (Å²) in [6, 6.07) is 12.8. The van der Waals surface area contributed by atoms with Crippen molar-refractivity contribution in [2.75, 3.05) is 36.4 Å². The zero-order valence-electron chi connectivity index (χ0n) is 20.4. The summed E-state index contributed by atoms with van der Waals surface area (Å²) >= 11 is 0. The van der Waals surface area contributed by atoms with Crippen LogP contribution in [0.2, 0.25) is 0 Å². The first-order chi connectivity index (χ1) is 17.2. The number of fused-ring (bicyclic) bond motifs is 3. The molecule has 4 atom stereocenters. The summed E-state index contributed by atoms with van der Waals surface area (Å²) in [6.07, 6.45) is 2.59. The van der Waals surface area contributed by atoms with E-state index in [0.29, 0.717) is 35.5 Å². The number of hydrogen-bond acceptors (Lipinski definition) is 6. The SMILES string of the molecule is CN(C)CC1CN(S(=O)(=O)c2cccc(C#N)c2)c2cc(N(C(=O)O)C3CC4CCC3C4)ccc2O1. The number of nitrogens with zero attached hydrogens (tertiary/aromatic N) is 4. The van der Waals surface area contributed by atoms with Crippen molar-refractivity contribution in [2.45, 2.75) is 42.7 Å². The minimum absolute atomic E-state index is 0.00611. The van der Waals surface area contributed by atoms with Crippen molar-refractivity contribution in [3.63, 3.8) is 0 Å². The molecule has 9 nitrogen and oxygen atoms in total. The van der Waals surface area contributed by atoms with Gasteiger partial charge in [-0.3, -0.25) is 9.21 Å². The quantitative estimate of drug-likeness (QED) is 0.629. The van der Waals surface area contributed by atoms with E-state index in [1.165, 1.54) is 21.3 Å². The van der Waals surface area contributed by atoms with Gasteiger partial charge >= 0.3 is 6.09 Å². The lowest BCUT2D eigenvalue weighted by atomic mass is 9.93. The van der Waals surface area contributed by atoms with E-state index in [-0.39, 0.29) is 23.0 Å². The van der Waals surface area contributed by atoms with Crippen LogP contribution in [0.1, 0.15) is 31.2 Å². The Hall–Kier alpha value is -3.29. The first-order valence-electron chi connectivity index (χ1n) is 12.2. The zero-order chi connectivity index (χ0) is 25.6. The van der Waals surface area contributed by atoms with Gasteiger partial charge in [0.15, 0.2) is 0 Å². The molecule has 2 aromatic rings. The third kappa shape index (κ3) is 4.38. The molecule has 0 saturated heterocycles. The molecule has 1 N–H and O–H groups in total. The Morgan fingerprint density at radius 1 is 1.19 bits per heavy atom. The van der Waals surface area contributed by atoms with Crippen molar-refractivity contribution in [3.05, 3.63) is 48.0 Å². The molecule has 1 heterocycles. The molecule has 36 heavy (non-hydrogen) atoms. The molecule has 2 saturated carbocycles. The minimum atomic E-state index is -4.05. The maximum absolute atomic E-state index is 13.8. The Kier molecular flexibility index (Phi) is 6.30. The van der Waals surface area contributed by atoms with Gasteiger partial charge in [0.1, 0.15) is 11.9 Å². The average Bonchev–Trinajstić information content (AvgIpc) is 3.47. The molecule has 2 bridgehead atoms. The number of nitriles is 1. The molecule has 190 valence electrons. The number of anilines is 2. The van der Waals surface area contributed by atoms with Crippen LogP contribution in [0, 0.1) is 23.2 Å². The van der Waals surface area contributed by atoms with E-state index >= 15 is 0 Å². The van der Waals surface area contributed by atoms with Gasteiger partial charge in [-0.25, -0.2) is 13.2 Å². The van der Waals surface area contributed by atoms with E-state index in [2.05, 4.69) is 0 Å². The number of carbonyl (C=O) groups is 1. The lowest BCUT2D eigenvalue weighted by Crippen LogP contribution is -2.47. The third-order valence-corrected chi connectivity index (χ3v) is 9.29. The van der Waals surface area contributed by atoms with Crippen molar-refractivity contribution in [2.24, 2.45) is 11.8 Å². The normalized spacial score (nSPS) is 24.8. The van der Waals surface area contributed by atoms with Gasteiger partial charge in [0.2, 0.25) is 0 Å². The van der Waals surface area contributed by atoms with Crippen LogP contribution in [0.5, 0.6) is 5.75 Å². The van der Waals surface area contributed by atoms with Crippen LogP contribution >= 0.6 is 0 Å². The van der Waals surface area contributed by atoms with E-state index in [1.807, 2.05) is 25.1 Å². The highest BCUT2D eigenvalue weighted by Gasteiger charge is 2.45. The number of sulfonamides is 1. The molecule has 4 unspecified atom stereocenters. The molecule has 3 aliphatic rings. The van der Waals surface area contributed by atoms with Gasteiger partial charge in [-0.15, -0.1) is 0 Å². The maximum atomic E-state index is 13.8. The fraction of sp³-hybridized carbons (Fsp3) is 0.462. The molecule has 0 aromatic heterocycles. The van der Waals surface area contributed by atoms with E-state index in [0.717, 1.165) is 25.7 Å². The highest BCUT2D eigenvalue weighted by Crippen LogP contribution is 2.48. The van der Waals surface area contributed by atoms with Crippen molar-refractivity contribution in [1.29, 1.82) is 5.26 Å². The van der Waals surface area contributed by atoms with Gasteiger partial charge < -0.3 is 14.7 Å². The Morgan fingerprint density at radius 3 is 2.64 bits per heavy atom. The molecule has 5 rings (SSSR count). The first kappa shape index (κ1) is 24.4. The Bertz CT molecular complexity index is 1320. The Balaban J connectivity index is 1.58. The van der Waals surface area contributed by atoms with Crippen LogP contribution in [-0.2, 0) is 10.0 Å². The second-order valence-corrected chi connectivity index (χ2v) is 12.1. The molecule has 10 heteroatoms. The first-order valence-corrected chi connectivity index (χ1v) is 13.6. The molecule has 2 fully saturated rings. The average molecular weight is 511 g/mol. The van der Waals surface area contributed by atoms with Crippen LogP contribution in [0.15, 0.2) is 47.4 Å². The molecule has 1 amide bonds. The number of hydrogen-bond donors (Lipinski definition) is 1. The minimum Gasteiger partial charge on any atom is -0.485 e. The largest absolute Gasteiger partial charge is 0.485 e. The van der Waals surface area contributed by atoms with Crippen LogP contribution < -0.4 is 13.9 Å². The molecule has 0 spiro atoms. The van der Waals surface area contributed by atoms with Gasteiger partial charge in [-0.2, -0.15) is 5.26 Å². The van der Waals surface area contributed by atoms with Gasteiger partial charge in [0, 0.05) is 18.3 Å². The third-order valence-electron chi connectivity index (χ3n) is 7.51. The summed E-state index contributed by atoms with van der Waals surface area (Å²) in [5, 5.41) is 19.4. The fourth-order valence-electron chi connectivity index (χ4n) is 6.00. The summed E-state index contributed by atoms with van der Waals surface area (Å²) in [5.74, 6) is 1.27. The standard InChI is InChI=1S/C26H30N4O5S/c1-28(2)15-21-16-29(36(33,34)22-5-3-4-18(11-22)14-27)24-13-20(8-9-25(24)35-21)30(26(31)32)23-12-17-6-7-19(23)10-17/h3-5,8-9,11,13,17,19,21,23H,6-7,10,12,15-16H2,1-2H3,(H,31,32). The molecule has 2 aliphatic carbocycles. The van der Waals surface area contributed by atoms with Gasteiger partial charge in [0.25, 0.3) is 10.0 Å². The summed E-state index contributed by atoms with van der Waals surface area (Å²) in [6.45, 7) is 0.562. The van der Waals surface area contributed by atoms with Crippen molar-refractivity contribution in [3.8, 4) is 11.8 Å². The van der Waals surface area contributed by atoms with Crippen molar-refractivity contribution < 1.29 is 23.1 Å². The molecule has 1 aliphatic heterocycles. The van der Waals surface area contributed by atoms with Crippen LogP contribution in [0.25, 0.3) is 0 Å². The fourth-order valence-corrected chi connectivity index (χ4v) is 7.55. The monoisotopic (exact) mass is 510 g/mol. The van der Waals surface area contributed by atoms with Gasteiger partial charge in [-0.05, 0) is 81.6 Å². The summed E-state index contributed by atoms with van der Waals surface area (Å²) in [5.41, 5.74) is 0.996. The predicted octanol–water partition coefficient (Wildman–Crippen LogP) is 3.75. The summed E-state index contributed by atoms with van der Waals surface area (Å²) in [4.78, 5) is 15.7. The molecular formula is C26H30N4O5S. The highest BCUT2D eigenvalue weighted by molar-refractivity contribution is 7.92. The Morgan fingerprint density at radius 2 is 2.00 bits per heavy atom. The number of amides is 1. The summed E-state index contributed by atoms with van der Waals surface area (Å²) in [7, 11) is -0.277. The number of carboxylic acid groups (broad SMARTS) is 1. The molecule has 0 radical (unpaired) electrons. The van der Waals surface area contributed by atoms with Crippen molar-refractivity contribution >= 4 is 27.5 Å². The lowest BCUT2D eigenvalue weighted by molar-refractivity contribution is 0.159. The summed E-state index contributed by atoms with van der Waals surface area (Å²) < 4.78 is 35.1. The second-order valence-electron chi connectivity index (χ2n) is 10.2. The Labute approximate surface area is 211 Å². The van der Waals surface area contributed by atoms with E-state index in [4.69, 9.17) is 4.74 Å². The van der Waals surface area contributed by atoms with Crippen LogP contribution in [0.3, 0.4) is 0 Å². The molecular weight excluding hydrogens is 480 g/mol. The predicted molar refractivity (Wildman–Crippen MR) is 135 cm³/mol. The second kappa shape index (κ2) is 9.30. The number of likely N-dealkylation sites (N-methyl/N-ethyl adjacent to an activating group) is 1. The number of ether oxygens (including phenoxy) is 1. The molecule has 2 aromatic carbocycles. The highest BCUT2D eigenvalue weighted by atomic mass is 32.2. The van der Waals surface area contributed by atoms with Gasteiger partial charge in [0.05, 0.1) is 28.8 Å². The van der Waals surface area contributed by atoms with Crippen LogP contribution in [-0.4, -0.2) is 63.8 Å². The van der Waals surface area contributed by atoms with E-state index in [9.17, 15) is 23.6 Å². The smallest absolute Gasteiger partial charge is 0.412 e. The van der Waals surface area contributed by atoms with E-state index in [1.54, 1.807) is 30.3 Å². The topological polar surface area (TPSA) is 114 Å². The van der Waals surface area contributed by atoms with Gasteiger partial charge in [-0.1, -0.05) is 12.5 Å². The lowest BCUT2D eigenvalue weighted by Gasteiger charge is -2.38.